The number of pyridine rings is 1. The number of hydrogen-bond acceptors (Lipinski definition) is 5. The molecule has 1 N–H and O–H groups in total. The van der Waals surface area contributed by atoms with E-state index in [1.165, 1.54) is 10.9 Å². The second-order valence-electron chi connectivity index (χ2n) is 8.01. The van der Waals surface area contributed by atoms with Crippen LogP contribution in [0, 0.1) is 6.92 Å². The molecule has 0 fully saturated rings. The number of rotatable bonds is 4. The molecule has 4 aromatic rings. The van der Waals surface area contributed by atoms with E-state index in [-0.39, 0.29) is 12.1 Å². The minimum absolute atomic E-state index is 0.152. The van der Waals surface area contributed by atoms with E-state index in [0.717, 1.165) is 16.7 Å². The highest BCUT2D eigenvalue weighted by Crippen LogP contribution is 2.28. The third-order valence-corrected chi connectivity index (χ3v) is 4.69. The molecule has 7 nitrogen and oxygen atoms in total. The average molecular weight is 389 g/mol. The Labute approximate surface area is 168 Å². The maximum absolute atomic E-state index is 13.2. The van der Waals surface area contributed by atoms with Gasteiger partial charge in [-0.15, -0.1) is 0 Å². The van der Waals surface area contributed by atoms with E-state index in [9.17, 15) is 9.90 Å². The lowest BCUT2D eigenvalue weighted by Gasteiger charge is -2.18. The van der Waals surface area contributed by atoms with Crippen molar-refractivity contribution >= 4 is 10.9 Å². The first-order chi connectivity index (χ1) is 13.7. The standard InChI is InChI=1S/C22H23N5O2/c1-14-5-7-15(8-6-14)18-9-17-20(19(25-18)16-10-24-26(4)11-16)23-13-27(21(17)28)12-22(2,3)29/h5-11,13,29H,12H2,1-4H3. The zero-order valence-corrected chi connectivity index (χ0v) is 16.9. The molecule has 3 aromatic heterocycles. The Balaban J connectivity index is 2.00. The van der Waals surface area contributed by atoms with Gasteiger partial charge in [0.15, 0.2) is 0 Å². The van der Waals surface area contributed by atoms with Gasteiger partial charge < -0.3 is 5.11 Å². The van der Waals surface area contributed by atoms with Crippen molar-refractivity contribution in [3.63, 3.8) is 0 Å². The molecule has 29 heavy (non-hydrogen) atoms. The Morgan fingerprint density at radius 1 is 1.14 bits per heavy atom. The highest BCUT2D eigenvalue weighted by molar-refractivity contribution is 5.93. The van der Waals surface area contributed by atoms with Crippen LogP contribution in [0.5, 0.6) is 0 Å². The molecule has 0 spiro atoms. The minimum atomic E-state index is -1.03. The highest BCUT2D eigenvalue weighted by Gasteiger charge is 2.19. The van der Waals surface area contributed by atoms with E-state index in [2.05, 4.69) is 10.1 Å². The second-order valence-corrected chi connectivity index (χ2v) is 8.01. The van der Waals surface area contributed by atoms with Gasteiger partial charge in [-0.2, -0.15) is 5.10 Å². The zero-order valence-electron chi connectivity index (χ0n) is 16.9. The van der Waals surface area contributed by atoms with E-state index in [1.54, 1.807) is 30.8 Å². The Bertz CT molecular complexity index is 1250. The molecule has 0 saturated heterocycles. The molecule has 0 aliphatic heterocycles. The molecule has 0 radical (unpaired) electrons. The van der Waals surface area contributed by atoms with Gasteiger partial charge in [0.25, 0.3) is 5.56 Å². The number of aliphatic hydroxyl groups is 1. The highest BCUT2D eigenvalue weighted by atomic mass is 16.3. The molecule has 0 saturated carbocycles. The summed E-state index contributed by atoms with van der Waals surface area (Å²) >= 11 is 0. The van der Waals surface area contributed by atoms with Crippen LogP contribution < -0.4 is 5.56 Å². The molecule has 4 rings (SSSR count). The summed E-state index contributed by atoms with van der Waals surface area (Å²) in [6.07, 6.45) is 5.03. The Morgan fingerprint density at radius 3 is 2.48 bits per heavy atom. The van der Waals surface area contributed by atoms with Gasteiger partial charge in [0.1, 0.15) is 11.2 Å². The number of aromatic nitrogens is 5. The molecule has 0 amide bonds. The van der Waals surface area contributed by atoms with Gasteiger partial charge >= 0.3 is 0 Å². The molecule has 0 aliphatic carbocycles. The SMILES string of the molecule is Cc1ccc(-c2cc3c(=O)n(CC(C)(C)O)cnc3c(-c3cnn(C)c3)n2)cc1. The smallest absolute Gasteiger partial charge is 0.261 e. The van der Waals surface area contributed by atoms with E-state index in [0.29, 0.717) is 22.3 Å². The summed E-state index contributed by atoms with van der Waals surface area (Å²) in [7, 11) is 1.83. The van der Waals surface area contributed by atoms with Gasteiger partial charge in [-0.25, -0.2) is 9.97 Å². The topological polar surface area (TPSA) is 85.8 Å². The van der Waals surface area contributed by atoms with Crippen molar-refractivity contribution in [3.8, 4) is 22.5 Å². The minimum Gasteiger partial charge on any atom is -0.389 e. The third kappa shape index (κ3) is 3.82. The van der Waals surface area contributed by atoms with Crippen molar-refractivity contribution in [2.45, 2.75) is 32.9 Å². The van der Waals surface area contributed by atoms with Crippen molar-refractivity contribution in [1.82, 2.24) is 24.3 Å². The van der Waals surface area contributed by atoms with E-state index < -0.39 is 5.60 Å². The van der Waals surface area contributed by atoms with E-state index in [1.807, 2.05) is 44.4 Å². The van der Waals surface area contributed by atoms with E-state index >= 15 is 0 Å². The summed E-state index contributed by atoms with van der Waals surface area (Å²) in [5.41, 5.74) is 3.44. The Kier molecular flexibility index (Phi) is 4.55. The van der Waals surface area contributed by atoms with Gasteiger partial charge in [-0.1, -0.05) is 29.8 Å². The van der Waals surface area contributed by atoms with Crippen LogP contribution in [0.4, 0.5) is 0 Å². The average Bonchev–Trinajstić information content (AvgIpc) is 3.09. The zero-order chi connectivity index (χ0) is 20.8. The van der Waals surface area contributed by atoms with Crippen LogP contribution in [0.25, 0.3) is 33.4 Å². The molecule has 0 atom stereocenters. The van der Waals surface area contributed by atoms with Crippen LogP contribution in [-0.4, -0.2) is 35.0 Å². The predicted molar refractivity (Wildman–Crippen MR) is 112 cm³/mol. The Hall–Kier alpha value is -3.32. The fourth-order valence-electron chi connectivity index (χ4n) is 3.31. The van der Waals surface area contributed by atoms with Gasteiger partial charge in [0.05, 0.1) is 35.8 Å². The molecular weight excluding hydrogens is 366 g/mol. The van der Waals surface area contributed by atoms with Gasteiger partial charge in [-0.05, 0) is 26.8 Å². The van der Waals surface area contributed by atoms with Crippen LogP contribution in [0.3, 0.4) is 0 Å². The lowest BCUT2D eigenvalue weighted by molar-refractivity contribution is 0.0603. The van der Waals surface area contributed by atoms with Crippen molar-refractivity contribution in [1.29, 1.82) is 0 Å². The number of benzene rings is 1. The van der Waals surface area contributed by atoms with Crippen molar-refractivity contribution in [3.05, 3.63) is 65.0 Å². The van der Waals surface area contributed by atoms with Crippen LogP contribution in [0.1, 0.15) is 19.4 Å². The molecule has 0 unspecified atom stereocenters. The van der Waals surface area contributed by atoms with Crippen molar-refractivity contribution < 1.29 is 5.11 Å². The molecular formula is C22H23N5O2. The summed E-state index contributed by atoms with van der Waals surface area (Å²) in [6.45, 7) is 5.50. The quantitative estimate of drug-likeness (QED) is 0.580. The number of fused-ring (bicyclic) bond motifs is 1. The summed E-state index contributed by atoms with van der Waals surface area (Å²) in [5.74, 6) is 0. The lowest BCUT2D eigenvalue weighted by atomic mass is 10.1. The molecule has 148 valence electrons. The summed E-state index contributed by atoms with van der Waals surface area (Å²) in [6, 6.07) is 9.78. The Morgan fingerprint density at radius 2 is 1.86 bits per heavy atom. The van der Waals surface area contributed by atoms with Crippen molar-refractivity contribution in [2.24, 2.45) is 7.05 Å². The van der Waals surface area contributed by atoms with Crippen LogP contribution in [-0.2, 0) is 13.6 Å². The molecule has 3 heterocycles. The lowest BCUT2D eigenvalue weighted by Crippen LogP contribution is -2.33. The van der Waals surface area contributed by atoms with E-state index in [4.69, 9.17) is 4.98 Å². The number of hydrogen-bond donors (Lipinski definition) is 1. The largest absolute Gasteiger partial charge is 0.389 e. The summed E-state index contributed by atoms with van der Waals surface area (Å²) in [4.78, 5) is 22.5. The molecule has 0 bridgehead atoms. The first-order valence-electron chi connectivity index (χ1n) is 9.40. The predicted octanol–water partition coefficient (Wildman–Crippen LogP) is 2.94. The molecule has 0 aliphatic rings. The number of nitrogens with zero attached hydrogens (tertiary/aromatic N) is 5. The molecule has 7 heteroatoms. The van der Waals surface area contributed by atoms with Gasteiger partial charge in [0, 0.05) is 24.4 Å². The first kappa shape index (κ1) is 19.0. The van der Waals surface area contributed by atoms with Crippen LogP contribution in [0.15, 0.2) is 53.8 Å². The first-order valence-corrected chi connectivity index (χ1v) is 9.40. The maximum Gasteiger partial charge on any atom is 0.261 e. The summed E-state index contributed by atoms with van der Waals surface area (Å²) < 4.78 is 3.13. The summed E-state index contributed by atoms with van der Waals surface area (Å²) in [5, 5.41) is 14.8. The normalized spacial score (nSPS) is 11.9. The van der Waals surface area contributed by atoms with Gasteiger partial charge in [-0.3, -0.25) is 14.0 Å². The third-order valence-electron chi connectivity index (χ3n) is 4.69. The van der Waals surface area contributed by atoms with Crippen LogP contribution in [0.2, 0.25) is 0 Å². The second kappa shape index (κ2) is 6.93. The fourth-order valence-corrected chi connectivity index (χ4v) is 3.31. The number of aryl methyl sites for hydroxylation is 2. The molecule has 1 aromatic carbocycles. The van der Waals surface area contributed by atoms with Crippen molar-refractivity contribution in [2.75, 3.05) is 0 Å². The van der Waals surface area contributed by atoms with Crippen LogP contribution >= 0.6 is 0 Å². The van der Waals surface area contributed by atoms with Gasteiger partial charge in [0.2, 0.25) is 0 Å². The monoisotopic (exact) mass is 389 g/mol. The maximum atomic E-state index is 13.2. The fraction of sp³-hybridized carbons (Fsp3) is 0.273.